The van der Waals surface area contributed by atoms with Crippen LogP contribution in [0.3, 0.4) is 0 Å². The van der Waals surface area contributed by atoms with Crippen molar-refractivity contribution >= 4 is 17.3 Å². The summed E-state index contributed by atoms with van der Waals surface area (Å²) in [4.78, 5) is 0. The highest BCUT2D eigenvalue weighted by molar-refractivity contribution is 7.80. The third-order valence-electron chi connectivity index (χ3n) is 4.05. The van der Waals surface area contributed by atoms with Crippen molar-refractivity contribution in [3.05, 3.63) is 35.9 Å². The number of nitrogens with one attached hydrogen (secondary N) is 2. The fourth-order valence-corrected chi connectivity index (χ4v) is 3.20. The van der Waals surface area contributed by atoms with Crippen LogP contribution in [0, 0.1) is 5.92 Å². The molecule has 0 amide bonds. The van der Waals surface area contributed by atoms with Gasteiger partial charge in [0.15, 0.2) is 5.11 Å². The van der Waals surface area contributed by atoms with Crippen LogP contribution in [0.2, 0.25) is 0 Å². The van der Waals surface area contributed by atoms with Gasteiger partial charge in [0, 0.05) is 6.04 Å². The van der Waals surface area contributed by atoms with Gasteiger partial charge >= 0.3 is 0 Å². The molecule has 1 aromatic carbocycles. The molecule has 2 N–H and O–H groups in total. The third-order valence-corrected chi connectivity index (χ3v) is 4.29. The summed E-state index contributed by atoms with van der Waals surface area (Å²) in [5.41, 5.74) is 1.30. The molecular formula is C17H26N2S. The van der Waals surface area contributed by atoms with Gasteiger partial charge in [0.2, 0.25) is 0 Å². The number of thiocarbonyl (C=S) groups is 1. The van der Waals surface area contributed by atoms with E-state index in [1.807, 2.05) is 0 Å². The molecule has 3 heteroatoms. The van der Waals surface area contributed by atoms with Crippen LogP contribution in [0.15, 0.2) is 30.3 Å². The highest BCUT2D eigenvalue weighted by atomic mass is 32.1. The fraction of sp³-hybridized carbons (Fsp3) is 0.588. The molecule has 0 unspecified atom stereocenters. The second-order valence-corrected chi connectivity index (χ2v) is 6.49. The Bertz CT molecular complexity index is 410. The molecule has 0 radical (unpaired) electrons. The lowest BCUT2D eigenvalue weighted by Gasteiger charge is -2.28. The standard InChI is InChI=1S/C17H26N2S/c1-13(2)16(14-9-5-3-6-10-14)19-17(20)18-15-11-7-4-8-12-15/h3,5-6,9-10,13,15-16H,4,7-8,11-12H2,1-2H3,(H2,18,19,20)/t16-/m0/s1. The minimum Gasteiger partial charge on any atom is -0.360 e. The third kappa shape index (κ3) is 4.48. The van der Waals surface area contributed by atoms with E-state index in [0.29, 0.717) is 12.0 Å². The van der Waals surface area contributed by atoms with Crippen molar-refractivity contribution in [3.8, 4) is 0 Å². The van der Waals surface area contributed by atoms with Crippen molar-refractivity contribution in [1.82, 2.24) is 10.6 Å². The molecule has 0 aliphatic heterocycles. The molecule has 1 fully saturated rings. The Labute approximate surface area is 128 Å². The normalized spacial score (nSPS) is 17.8. The largest absolute Gasteiger partial charge is 0.360 e. The molecule has 1 aromatic rings. The predicted octanol–water partition coefficient (Wildman–Crippen LogP) is 4.18. The van der Waals surface area contributed by atoms with E-state index in [2.05, 4.69) is 54.8 Å². The first-order chi connectivity index (χ1) is 9.66. The minimum absolute atomic E-state index is 0.278. The second kappa shape index (κ2) is 7.63. The van der Waals surface area contributed by atoms with Crippen LogP contribution in [0.4, 0.5) is 0 Å². The van der Waals surface area contributed by atoms with Crippen LogP contribution in [0.1, 0.15) is 57.6 Å². The number of benzene rings is 1. The molecule has 110 valence electrons. The molecule has 2 nitrogen and oxygen atoms in total. The molecule has 0 bridgehead atoms. The maximum absolute atomic E-state index is 5.51. The lowest BCUT2D eigenvalue weighted by molar-refractivity contribution is 0.404. The van der Waals surface area contributed by atoms with E-state index in [-0.39, 0.29) is 6.04 Å². The lowest BCUT2D eigenvalue weighted by atomic mass is 9.95. The van der Waals surface area contributed by atoms with Crippen molar-refractivity contribution in [2.24, 2.45) is 5.92 Å². The van der Waals surface area contributed by atoms with Crippen LogP contribution in [-0.4, -0.2) is 11.2 Å². The zero-order valence-corrected chi connectivity index (χ0v) is 13.4. The fourth-order valence-electron chi connectivity index (χ4n) is 2.91. The van der Waals surface area contributed by atoms with Gasteiger partial charge in [0.05, 0.1) is 6.04 Å². The van der Waals surface area contributed by atoms with Crippen LogP contribution in [-0.2, 0) is 0 Å². The smallest absolute Gasteiger partial charge is 0.167 e. The summed E-state index contributed by atoms with van der Waals surface area (Å²) in [6, 6.07) is 11.4. The Balaban J connectivity index is 1.92. The van der Waals surface area contributed by atoms with E-state index >= 15 is 0 Å². The van der Waals surface area contributed by atoms with Crippen LogP contribution < -0.4 is 10.6 Å². The molecule has 1 aliphatic carbocycles. The van der Waals surface area contributed by atoms with Gasteiger partial charge in [-0.15, -0.1) is 0 Å². The van der Waals surface area contributed by atoms with E-state index in [1.165, 1.54) is 37.7 Å². The van der Waals surface area contributed by atoms with E-state index in [4.69, 9.17) is 12.2 Å². The Morgan fingerprint density at radius 2 is 1.75 bits per heavy atom. The molecule has 2 rings (SSSR count). The Hall–Kier alpha value is -1.09. The SMILES string of the molecule is CC(C)[C@H](NC(=S)NC1CCCCC1)c1ccccc1. The maximum atomic E-state index is 5.51. The van der Waals surface area contributed by atoms with E-state index in [1.54, 1.807) is 0 Å². The highest BCUT2D eigenvalue weighted by Crippen LogP contribution is 2.22. The Kier molecular flexibility index (Phi) is 5.84. The van der Waals surface area contributed by atoms with Gasteiger partial charge in [-0.05, 0) is 36.5 Å². The maximum Gasteiger partial charge on any atom is 0.167 e. The van der Waals surface area contributed by atoms with Crippen molar-refractivity contribution < 1.29 is 0 Å². The number of rotatable bonds is 4. The van der Waals surface area contributed by atoms with Gasteiger partial charge < -0.3 is 10.6 Å². The Morgan fingerprint density at radius 1 is 1.10 bits per heavy atom. The summed E-state index contributed by atoms with van der Waals surface area (Å²) in [6.07, 6.45) is 6.52. The van der Waals surface area contributed by atoms with Gasteiger partial charge in [-0.3, -0.25) is 0 Å². The first-order valence-corrected chi connectivity index (χ1v) is 8.19. The lowest BCUT2D eigenvalue weighted by Crippen LogP contribution is -2.45. The van der Waals surface area contributed by atoms with E-state index in [9.17, 15) is 0 Å². The quantitative estimate of drug-likeness (QED) is 0.813. The summed E-state index contributed by atoms with van der Waals surface area (Å²) < 4.78 is 0. The Morgan fingerprint density at radius 3 is 2.35 bits per heavy atom. The summed E-state index contributed by atoms with van der Waals surface area (Å²) >= 11 is 5.51. The predicted molar refractivity (Wildman–Crippen MR) is 89.8 cm³/mol. The first-order valence-electron chi connectivity index (χ1n) is 7.79. The number of hydrogen-bond donors (Lipinski definition) is 2. The van der Waals surface area contributed by atoms with Crippen LogP contribution >= 0.6 is 12.2 Å². The summed E-state index contributed by atoms with van der Waals surface area (Å²) in [5.74, 6) is 0.503. The summed E-state index contributed by atoms with van der Waals surface area (Å²) in [7, 11) is 0. The van der Waals surface area contributed by atoms with Crippen molar-refractivity contribution in [3.63, 3.8) is 0 Å². The zero-order chi connectivity index (χ0) is 14.4. The topological polar surface area (TPSA) is 24.1 Å². The van der Waals surface area contributed by atoms with Gasteiger partial charge in [-0.2, -0.15) is 0 Å². The molecule has 20 heavy (non-hydrogen) atoms. The number of hydrogen-bond acceptors (Lipinski definition) is 1. The van der Waals surface area contributed by atoms with Crippen molar-refractivity contribution in [2.75, 3.05) is 0 Å². The zero-order valence-electron chi connectivity index (χ0n) is 12.6. The van der Waals surface area contributed by atoms with Gasteiger partial charge in [0.25, 0.3) is 0 Å². The van der Waals surface area contributed by atoms with E-state index < -0.39 is 0 Å². The summed E-state index contributed by atoms with van der Waals surface area (Å²) in [5, 5.41) is 7.80. The monoisotopic (exact) mass is 290 g/mol. The second-order valence-electron chi connectivity index (χ2n) is 6.09. The molecule has 0 saturated heterocycles. The summed E-state index contributed by atoms with van der Waals surface area (Å²) in [6.45, 7) is 4.46. The van der Waals surface area contributed by atoms with Crippen LogP contribution in [0.25, 0.3) is 0 Å². The van der Waals surface area contributed by atoms with Gasteiger partial charge in [-0.1, -0.05) is 63.4 Å². The van der Waals surface area contributed by atoms with Gasteiger partial charge in [0.1, 0.15) is 0 Å². The molecule has 0 heterocycles. The highest BCUT2D eigenvalue weighted by Gasteiger charge is 2.19. The average molecular weight is 290 g/mol. The molecule has 0 aromatic heterocycles. The molecule has 0 spiro atoms. The van der Waals surface area contributed by atoms with Crippen molar-refractivity contribution in [2.45, 2.75) is 58.0 Å². The van der Waals surface area contributed by atoms with Crippen molar-refractivity contribution in [1.29, 1.82) is 0 Å². The van der Waals surface area contributed by atoms with Crippen LogP contribution in [0.5, 0.6) is 0 Å². The molecule has 1 saturated carbocycles. The van der Waals surface area contributed by atoms with E-state index in [0.717, 1.165) is 5.11 Å². The molecule has 1 atom stereocenters. The van der Waals surface area contributed by atoms with Gasteiger partial charge in [-0.25, -0.2) is 0 Å². The molecular weight excluding hydrogens is 264 g/mol. The first kappa shape index (κ1) is 15.3. The minimum atomic E-state index is 0.278. The average Bonchev–Trinajstić information content (AvgIpc) is 2.46. The molecule has 1 aliphatic rings.